The molecule has 0 aromatic heterocycles. The Bertz CT molecular complexity index is 240. The molecule has 5 heteroatoms. The minimum atomic E-state index is -0.385. The second-order valence-corrected chi connectivity index (χ2v) is 4.13. The van der Waals surface area contributed by atoms with Crippen LogP contribution in [0.5, 0.6) is 0 Å². The molecule has 17 heavy (non-hydrogen) atoms. The van der Waals surface area contributed by atoms with Crippen molar-refractivity contribution in [1.82, 2.24) is 10.2 Å². The zero-order valence-electron chi connectivity index (χ0n) is 11.0. The summed E-state index contributed by atoms with van der Waals surface area (Å²) in [6, 6.07) is 0. The normalized spacial score (nSPS) is 12.5. The SMILES string of the molecule is CCN(CC)CCNC(=O)[CH][C@H](C)CC(N)=O. The number of carbonyl (C=O) groups excluding carboxylic acids is 2. The number of amides is 2. The Balaban J connectivity index is 3.69. The summed E-state index contributed by atoms with van der Waals surface area (Å²) in [5.74, 6) is -0.628. The van der Waals surface area contributed by atoms with Crippen molar-refractivity contribution in [2.24, 2.45) is 11.7 Å². The molecule has 2 amide bonds. The molecule has 0 unspecified atom stereocenters. The van der Waals surface area contributed by atoms with Crippen LogP contribution in [0.3, 0.4) is 0 Å². The van der Waals surface area contributed by atoms with E-state index < -0.39 is 0 Å². The summed E-state index contributed by atoms with van der Waals surface area (Å²) in [7, 11) is 0. The molecule has 1 atom stereocenters. The van der Waals surface area contributed by atoms with Crippen LogP contribution in [0, 0.1) is 12.3 Å². The van der Waals surface area contributed by atoms with Crippen LogP contribution < -0.4 is 11.1 Å². The number of nitrogens with two attached hydrogens (primary N) is 1. The van der Waals surface area contributed by atoms with Gasteiger partial charge in [-0.15, -0.1) is 0 Å². The second-order valence-electron chi connectivity index (χ2n) is 4.13. The molecule has 0 saturated heterocycles. The van der Waals surface area contributed by atoms with Crippen molar-refractivity contribution in [3.63, 3.8) is 0 Å². The number of primary amides is 1. The molecule has 0 fully saturated rings. The fraction of sp³-hybridized carbons (Fsp3) is 0.750. The third-order valence-corrected chi connectivity index (χ3v) is 2.58. The van der Waals surface area contributed by atoms with Crippen LogP contribution in [0.15, 0.2) is 0 Å². The van der Waals surface area contributed by atoms with Crippen LogP contribution >= 0.6 is 0 Å². The Labute approximate surface area is 104 Å². The van der Waals surface area contributed by atoms with Crippen LogP contribution in [0.1, 0.15) is 27.2 Å². The first kappa shape index (κ1) is 15.9. The number of likely N-dealkylation sites (N-methyl/N-ethyl adjacent to an activating group) is 1. The van der Waals surface area contributed by atoms with Crippen molar-refractivity contribution >= 4 is 11.8 Å². The van der Waals surface area contributed by atoms with Crippen molar-refractivity contribution in [2.45, 2.75) is 27.2 Å². The summed E-state index contributed by atoms with van der Waals surface area (Å²) in [6.45, 7) is 9.41. The van der Waals surface area contributed by atoms with E-state index in [0.29, 0.717) is 6.54 Å². The highest BCUT2D eigenvalue weighted by molar-refractivity contribution is 5.86. The molecule has 0 aliphatic carbocycles. The van der Waals surface area contributed by atoms with E-state index in [0.717, 1.165) is 19.6 Å². The van der Waals surface area contributed by atoms with Gasteiger partial charge >= 0.3 is 0 Å². The minimum absolute atomic E-state index is 0.110. The summed E-state index contributed by atoms with van der Waals surface area (Å²) < 4.78 is 0. The molecule has 0 aromatic rings. The van der Waals surface area contributed by atoms with Crippen LogP contribution in [-0.2, 0) is 9.59 Å². The Morgan fingerprint density at radius 3 is 2.41 bits per heavy atom. The van der Waals surface area contributed by atoms with Gasteiger partial charge in [0.25, 0.3) is 0 Å². The fourth-order valence-corrected chi connectivity index (χ4v) is 1.57. The minimum Gasteiger partial charge on any atom is -0.370 e. The van der Waals surface area contributed by atoms with E-state index in [1.54, 1.807) is 6.92 Å². The van der Waals surface area contributed by atoms with E-state index in [1.165, 1.54) is 6.42 Å². The quantitative estimate of drug-likeness (QED) is 0.605. The van der Waals surface area contributed by atoms with Gasteiger partial charge in [0.2, 0.25) is 11.8 Å². The van der Waals surface area contributed by atoms with Gasteiger partial charge in [0.15, 0.2) is 0 Å². The van der Waals surface area contributed by atoms with Gasteiger partial charge in [0, 0.05) is 19.5 Å². The average Bonchev–Trinajstić information content (AvgIpc) is 2.23. The lowest BCUT2D eigenvalue weighted by Gasteiger charge is -2.18. The van der Waals surface area contributed by atoms with Gasteiger partial charge in [-0.25, -0.2) is 0 Å². The number of hydrogen-bond acceptors (Lipinski definition) is 3. The summed E-state index contributed by atoms with van der Waals surface area (Å²) in [5, 5.41) is 2.80. The maximum absolute atomic E-state index is 11.5. The van der Waals surface area contributed by atoms with Gasteiger partial charge in [0.05, 0.1) is 6.42 Å². The lowest BCUT2D eigenvalue weighted by Crippen LogP contribution is -2.35. The van der Waals surface area contributed by atoms with E-state index in [-0.39, 0.29) is 24.2 Å². The molecule has 0 aliphatic heterocycles. The van der Waals surface area contributed by atoms with Crippen LogP contribution in [0.4, 0.5) is 0 Å². The van der Waals surface area contributed by atoms with Gasteiger partial charge in [-0.05, 0) is 19.0 Å². The molecular formula is C12H24N3O2. The van der Waals surface area contributed by atoms with Crippen LogP contribution in [0.25, 0.3) is 0 Å². The average molecular weight is 242 g/mol. The van der Waals surface area contributed by atoms with E-state index in [2.05, 4.69) is 24.1 Å². The molecule has 5 nitrogen and oxygen atoms in total. The predicted octanol–water partition coefficient (Wildman–Crippen LogP) is 0.160. The van der Waals surface area contributed by atoms with Gasteiger partial charge in [0.1, 0.15) is 0 Å². The molecule has 0 aliphatic rings. The van der Waals surface area contributed by atoms with Crippen molar-refractivity contribution in [1.29, 1.82) is 0 Å². The summed E-state index contributed by atoms with van der Waals surface area (Å²) in [6.07, 6.45) is 1.72. The zero-order valence-corrected chi connectivity index (χ0v) is 11.0. The van der Waals surface area contributed by atoms with Gasteiger partial charge in [-0.1, -0.05) is 20.8 Å². The van der Waals surface area contributed by atoms with Crippen molar-refractivity contribution < 1.29 is 9.59 Å². The summed E-state index contributed by atoms with van der Waals surface area (Å²) >= 11 is 0. The number of rotatable bonds is 9. The van der Waals surface area contributed by atoms with Crippen molar-refractivity contribution in [3.05, 3.63) is 6.42 Å². The highest BCUT2D eigenvalue weighted by atomic mass is 16.2. The number of nitrogens with one attached hydrogen (secondary N) is 1. The highest BCUT2D eigenvalue weighted by Crippen LogP contribution is 2.04. The molecule has 3 N–H and O–H groups in total. The van der Waals surface area contributed by atoms with Gasteiger partial charge in [-0.3, -0.25) is 9.59 Å². The number of nitrogens with zero attached hydrogens (tertiary/aromatic N) is 1. The van der Waals surface area contributed by atoms with Crippen LogP contribution in [0.2, 0.25) is 0 Å². The largest absolute Gasteiger partial charge is 0.370 e. The molecule has 0 aromatic carbocycles. The first-order chi connectivity index (χ1) is 7.99. The summed E-state index contributed by atoms with van der Waals surface area (Å²) in [4.78, 5) is 24.3. The second kappa shape index (κ2) is 8.98. The molecule has 0 saturated carbocycles. The van der Waals surface area contributed by atoms with E-state index in [1.807, 2.05) is 0 Å². The van der Waals surface area contributed by atoms with E-state index in [4.69, 9.17) is 5.73 Å². The first-order valence-electron chi connectivity index (χ1n) is 6.12. The van der Waals surface area contributed by atoms with Crippen LogP contribution in [-0.4, -0.2) is 42.9 Å². The molecule has 1 radical (unpaired) electrons. The molecule has 0 heterocycles. The van der Waals surface area contributed by atoms with Crippen molar-refractivity contribution in [2.75, 3.05) is 26.2 Å². The van der Waals surface area contributed by atoms with Gasteiger partial charge in [-0.2, -0.15) is 0 Å². The van der Waals surface area contributed by atoms with Crippen molar-refractivity contribution in [3.8, 4) is 0 Å². The Morgan fingerprint density at radius 2 is 1.94 bits per heavy atom. The molecule has 0 bridgehead atoms. The lowest BCUT2D eigenvalue weighted by molar-refractivity contribution is -0.119. The third kappa shape index (κ3) is 8.68. The maximum atomic E-state index is 11.5. The topological polar surface area (TPSA) is 75.4 Å². The number of carbonyl (C=O) groups is 2. The van der Waals surface area contributed by atoms with Gasteiger partial charge < -0.3 is 16.0 Å². The smallest absolute Gasteiger partial charge is 0.224 e. The zero-order chi connectivity index (χ0) is 13.3. The summed E-state index contributed by atoms with van der Waals surface area (Å²) in [5.41, 5.74) is 5.05. The Morgan fingerprint density at radius 1 is 1.35 bits per heavy atom. The molecule has 0 spiro atoms. The highest BCUT2D eigenvalue weighted by Gasteiger charge is 2.11. The lowest BCUT2D eigenvalue weighted by atomic mass is 10.0. The van der Waals surface area contributed by atoms with E-state index >= 15 is 0 Å². The van der Waals surface area contributed by atoms with E-state index in [9.17, 15) is 9.59 Å². The monoisotopic (exact) mass is 242 g/mol. The standard InChI is InChI=1S/C12H24N3O2/c1-4-15(5-2)7-6-14-12(17)9-10(3)8-11(13)16/h9-10H,4-8H2,1-3H3,(H2,13,16)(H,14,17)/t10-/m1/s1. The number of hydrogen-bond donors (Lipinski definition) is 2. The molecule has 0 rings (SSSR count). The molecule has 99 valence electrons. The molecular weight excluding hydrogens is 218 g/mol. The fourth-order valence-electron chi connectivity index (χ4n) is 1.57. The Hall–Kier alpha value is -1.10. The maximum Gasteiger partial charge on any atom is 0.224 e. The Kier molecular flexibility index (Phi) is 8.40. The predicted molar refractivity (Wildman–Crippen MR) is 68.1 cm³/mol. The third-order valence-electron chi connectivity index (χ3n) is 2.58. The first-order valence-corrected chi connectivity index (χ1v) is 6.12.